The minimum atomic E-state index is 0.829. The average Bonchev–Trinajstić information content (AvgIpc) is 3.07. The number of aromatic nitrogens is 2. The van der Waals surface area contributed by atoms with E-state index in [0.717, 1.165) is 88.6 Å². The summed E-state index contributed by atoms with van der Waals surface area (Å²) in [6.07, 6.45) is 3.00. The van der Waals surface area contributed by atoms with E-state index in [4.69, 9.17) is 10.5 Å². The molecule has 7 nitrogen and oxygen atoms in total. The fourth-order valence-corrected chi connectivity index (χ4v) is 3.88. The first-order chi connectivity index (χ1) is 12.7. The lowest BCUT2D eigenvalue weighted by Gasteiger charge is -2.34. The van der Waals surface area contributed by atoms with Crippen LogP contribution in [0.4, 0.5) is 11.4 Å². The molecule has 0 aliphatic carbocycles. The molecule has 2 saturated heterocycles. The van der Waals surface area contributed by atoms with Crippen molar-refractivity contribution in [1.82, 2.24) is 19.6 Å². The number of nitrogen functional groups attached to an aromatic ring is 1. The Bertz CT molecular complexity index is 731. The molecule has 0 amide bonds. The minimum Gasteiger partial charge on any atom is -0.398 e. The van der Waals surface area contributed by atoms with Crippen LogP contribution in [-0.2, 0) is 11.3 Å². The predicted octanol–water partition coefficient (Wildman–Crippen LogP) is 1.09. The number of anilines is 2. The van der Waals surface area contributed by atoms with Crippen LogP contribution < -0.4 is 10.6 Å². The number of hydrogen-bond donors (Lipinski definition) is 1. The third kappa shape index (κ3) is 3.79. The van der Waals surface area contributed by atoms with Gasteiger partial charge in [0.25, 0.3) is 0 Å². The number of benzene rings is 1. The van der Waals surface area contributed by atoms with Crippen LogP contribution in [0.15, 0.2) is 18.3 Å². The van der Waals surface area contributed by atoms with Crippen LogP contribution in [0.1, 0.15) is 6.42 Å². The summed E-state index contributed by atoms with van der Waals surface area (Å²) in [7, 11) is 2.18. The van der Waals surface area contributed by atoms with Gasteiger partial charge in [-0.25, -0.2) is 0 Å². The Morgan fingerprint density at radius 1 is 1.04 bits per heavy atom. The molecular formula is C19H30N6O. The van der Waals surface area contributed by atoms with Crippen molar-refractivity contribution in [3.63, 3.8) is 0 Å². The molecule has 26 heavy (non-hydrogen) atoms. The van der Waals surface area contributed by atoms with Gasteiger partial charge in [0, 0.05) is 69.1 Å². The minimum absolute atomic E-state index is 0.829. The van der Waals surface area contributed by atoms with E-state index >= 15 is 0 Å². The van der Waals surface area contributed by atoms with Gasteiger partial charge in [-0.05, 0) is 25.6 Å². The van der Waals surface area contributed by atoms with Crippen LogP contribution in [0.25, 0.3) is 10.9 Å². The molecule has 0 spiro atoms. The van der Waals surface area contributed by atoms with Crippen molar-refractivity contribution in [2.45, 2.75) is 13.0 Å². The van der Waals surface area contributed by atoms with Gasteiger partial charge in [0.2, 0.25) is 0 Å². The van der Waals surface area contributed by atoms with Crippen LogP contribution in [0.3, 0.4) is 0 Å². The highest BCUT2D eigenvalue weighted by Gasteiger charge is 2.17. The summed E-state index contributed by atoms with van der Waals surface area (Å²) in [5.74, 6) is 0. The van der Waals surface area contributed by atoms with E-state index in [-0.39, 0.29) is 0 Å². The number of rotatable bonds is 5. The molecule has 4 rings (SSSR count). The largest absolute Gasteiger partial charge is 0.398 e. The maximum Gasteiger partial charge on any atom is 0.0723 e. The summed E-state index contributed by atoms with van der Waals surface area (Å²) in [6, 6.07) is 4.37. The number of piperazine rings is 1. The second-order valence-corrected chi connectivity index (χ2v) is 7.43. The molecule has 3 heterocycles. The summed E-state index contributed by atoms with van der Waals surface area (Å²) >= 11 is 0. The fourth-order valence-electron chi connectivity index (χ4n) is 3.88. The molecule has 2 N–H and O–H groups in total. The van der Waals surface area contributed by atoms with E-state index in [0.29, 0.717) is 0 Å². The third-order valence-electron chi connectivity index (χ3n) is 5.60. The van der Waals surface area contributed by atoms with Crippen molar-refractivity contribution < 1.29 is 4.74 Å². The predicted molar refractivity (Wildman–Crippen MR) is 106 cm³/mol. The van der Waals surface area contributed by atoms with Crippen LogP contribution in [0, 0.1) is 0 Å². The topological polar surface area (TPSA) is 62.8 Å². The highest BCUT2D eigenvalue weighted by Crippen LogP contribution is 2.28. The number of nitrogens with two attached hydrogens (primary N) is 1. The molecule has 0 bridgehead atoms. The standard InChI is InChI=1S/C19H30N6O/c1-22-5-7-24(8-6-22)16-13-18(20)17-15-21-25(19(17)14-16)4-2-3-23-9-11-26-12-10-23/h13-15H,2-12,20H2,1H3. The van der Waals surface area contributed by atoms with E-state index in [1.807, 2.05) is 6.20 Å². The number of morpholine rings is 1. The van der Waals surface area contributed by atoms with Crippen LogP contribution >= 0.6 is 0 Å². The zero-order chi connectivity index (χ0) is 17.9. The van der Waals surface area contributed by atoms with Gasteiger partial charge in [0.1, 0.15) is 0 Å². The lowest BCUT2D eigenvalue weighted by atomic mass is 10.1. The Morgan fingerprint density at radius 3 is 2.58 bits per heavy atom. The van der Waals surface area contributed by atoms with Gasteiger partial charge in [-0.1, -0.05) is 0 Å². The second kappa shape index (κ2) is 7.82. The Kier molecular flexibility index (Phi) is 5.28. The first kappa shape index (κ1) is 17.6. The van der Waals surface area contributed by atoms with Crippen molar-refractivity contribution in [3.05, 3.63) is 18.3 Å². The lowest BCUT2D eigenvalue weighted by molar-refractivity contribution is 0.0368. The van der Waals surface area contributed by atoms with Crippen LogP contribution in [-0.4, -0.2) is 85.7 Å². The van der Waals surface area contributed by atoms with Gasteiger partial charge >= 0.3 is 0 Å². The SMILES string of the molecule is CN1CCN(c2cc(N)c3cnn(CCCN4CCOCC4)c3c2)CC1. The highest BCUT2D eigenvalue weighted by molar-refractivity contribution is 5.93. The molecule has 142 valence electrons. The number of aryl methyl sites for hydroxylation is 1. The van der Waals surface area contributed by atoms with E-state index in [9.17, 15) is 0 Å². The molecule has 0 radical (unpaired) electrons. The lowest BCUT2D eigenvalue weighted by Crippen LogP contribution is -2.44. The van der Waals surface area contributed by atoms with Gasteiger partial charge in [-0.15, -0.1) is 0 Å². The summed E-state index contributed by atoms with van der Waals surface area (Å²) in [6.45, 7) is 10.1. The maximum atomic E-state index is 6.34. The van der Waals surface area contributed by atoms with Gasteiger partial charge in [-0.3, -0.25) is 9.58 Å². The molecule has 7 heteroatoms. The first-order valence-corrected chi connectivity index (χ1v) is 9.69. The molecule has 0 saturated carbocycles. The third-order valence-corrected chi connectivity index (χ3v) is 5.60. The second-order valence-electron chi connectivity index (χ2n) is 7.43. The van der Waals surface area contributed by atoms with E-state index < -0.39 is 0 Å². The summed E-state index contributed by atoms with van der Waals surface area (Å²) in [5.41, 5.74) is 9.54. The molecule has 1 aromatic heterocycles. The Hall–Kier alpha value is -1.83. The van der Waals surface area contributed by atoms with Crippen molar-refractivity contribution in [2.75, 3.05) is 76.7 Å². The Morgan fingerprint density at radius 2 is 1.81 bits per heavy atom. The zero-order valence-electron chi connectivity index (χ0n) is 15.7. The van der Waals surface area contributed by atoms with E-state index in [1.165, 1.54) is 5.69 Å². The maximum absolute atomic E-state index is 6.34. The molecule has 2 fully saturated rings. The molecule has 2 aliphatic rings. The number of ether oxygens (including phenoxy) is 1. The van der Waals surface area contributed by atoms with Crippen LogP contribution in [0.5, 0.6) is 0 Å². The van der Waals surface area contributed by atoms with Crippen molar-refractivity contribution in [3.8, 4) is 0 Å². The monoisotopic (exact) mass is 358 g/mol. The summed E-state index contributed by atoms with van der Waals surface area (Å²) < 4.78 is 7.54. The van der Waals surface area contributed by atoms with Crippen molar-refractivity contribution in [2.24, 2.45) is 0 Å². The quantitative estimate of drug-likeness (QED) is 0.808. The van der Waals surface area contributed by atoms with Gasteiger partial charge < -0.3 is 20.3 Å². The Labute approximate surface area is 155 Å². The average molecular weight is 358 g/mol. The van der Waals surface area contributed by atoms with Gasteiger partial charge in [0.05, 0.1) is 24.9 Å². The highest BCUT2D eigenvalue weighted by atomic mass is 16.5. The molecular weight excluding hydrogens is 328 g/mol. The fraction of sp³-hybridized carbons (Fsp3) is 0.632. The molecule has 0 unspecified atom stereocenters. The molecule has 2 aromatic rings. The van der Waals surface area contributed by atoms with Crippen LogP contribution in [0.2, 0.25) is 0 Å². The smallest absolute Gasteiger partial charge is 0.0723 e. The zero-order valence-corrected chi connectivity index (χ0v) is 15.7. The number of hydrogen-bond acceptors (Lipinski definition) is 6. The summed E-state index contributed by atoms with van der Waals surface area (Å²) in [5, 5.41) is 5.67. The Balaban J connectivity index is 1.46. The van der Waals surface area contributed by atoms with Gasteiger partial charge in [0.15, 0.2) is 0 Å². The van der Waals surface area contributed by atoms with Crippen molar-refractivity contribution >= 4 is 22.3 Å². The molecule has 1 aromatic carbocycles. The summed E-state index contributed by atoms with van der Waals surface area (Å²) in [4.78, 5) is 7.27. The number of nitrogens with zero attached hydrogens (tertiary/aromatic N) is 5. The van der Waals surface area contributed by atoms with E-state index in [2.05, 4.69) is 43.7 Å². The van der Waals surface area contributed by atoms with E-state index in [1.54, 1.807) is 0 Å². The number of fused-ring (bicyclic) bond motifs is 1. The van der Waals surface area contributed by atoms with Gasteiger partial charge in [-0.2, -0.15) is 5.10 Å². The van der Waals surface area contributed by atoms with Crippen molar-refractivity contribution in [1.29, 1.82) is 0 Å². The first-order valence-electron chi connectivity index (χ1n) is 9.69. The molecule has 0 atom stereocenters. The molecule has 2 aliphatic heterocycles. The normalized spacial score (nSPS) is 20.1. The number of likely N-dealkylation sites (N-methyl/N-ethyl adjacent to an activating group) is 1.